The van der Waals surface area contributed by atoms with Crippen molar-refractivity contribution in [1.82, 2.24) is 4.90 Å². The van der Waals surface area contributed by atoms with E-state index in [4.69, 9.17) is 9.57 Å². The second-order valence-corrected chi connectivity index (χ2v) is 9.49. The Kier molecular flexibility index (Phi) is 3.92. The van der Waals surface area contributed by atoms with Crippen LogP contribution in [0.15, 0.2) is 42.1 Å². The fourth-order valence-corrected chi connectivity index (χ4v) is 5.90. The summed E-state index contributed by atoms with van der Waals surface area (Å²) in [5.74, 6) is 0.476. The van der Waals surface area contributed by atoms with Crippen molar-refractivity contribution in [3.05, 3.63) is 42.5 Å². The molecule has 4 aliphatic rings. The van der Waals surface area contributed by atoms with E-state index in [0.29, 0.717) is 6.61 Å². The summed E-state index contributed by atoms with van der Waals surface area (Å²) in [6, 6.07) is 7.79. The molecule has 2 aliphatic heterocycles. The van der Waals surface area contributed by atoms with Crippen LogP contribution in [0, 0.1) is 29.6 Å². The van der Waals surface area contributed by atoms with Gasteiger partial charge >= 0.3 is 0 Å². The fourth-order valence-electron chi connectivity index (χ4n) is 5.90. The predicted octanol–water partition coefficient (Wildman–Crippen LogP) is 3.02. The second kappa shape index (κ2) is 6.18. The molecule has 6 heteroatoms. The molecule has 6 atom stereocenters. The number of rotatable bonds is 4. The predicted molar refractivity (Wildman–Crippen MR) is 107 cm³/mol. The van der Waals surface area contributed by atoms with E-state index in [2.05, 4.69) is 11.7 Å². The minimum Gasteiger partial charge on any atom is -0.490 e. The maximum atomic E-state index is 13.2. The molecule has 2 heterocycles. The molecule has 0 radical (unpaired) electrons. The Morgan fingerprint density at radius 1 is 1.14 bits per heavy atom. The molecule has 0 spiro atoms. The lowest BCUT2D eigenvalue weighted by Gasteiger charge is -2.31. The summed E-state index contributed by atoms with van der Waals surface area (Å²) in [5.41, 5.74) is 1.38. The smallest absolute Gasteiger partial charge is 0.234 e. The van der Waals surface area contributed by atoms with Gasteiger partial charge in [0, 0.05) is 22.9 Å². The molecule has 6 nitrogen and oxygen atoms in total. The summed E-state index contributed by atoms with van der Waals surface area (Å²) in [6.45, 7) is 9.88. The monoisotopic (exact) mass is 394 g/mol. The summed E-state index contributed by atoms with van der Waals surface area (Å²) in [5, 5.41) is 4.39. The van der Waals surface area contributed by atoms with Crippen molar-refractivity contribution in [1.29, 1.82) is 0 Å². The molecule has 0 unspecified atom stereocenters. The highest BCUT2D eigenvalue weighted by atomic mass is 16.6. The molecule has 1 saturated heterocycles. The molecule has 29 heavy (non-hydrogen) atoms. The summed E-state index contributed by atoms with van der Waals surface area (Å²) in [6.07, 6.45) is 2.46. The average Bonchev–Trinajstić information content (AvgIpc) is 3.39. The zero-order valence-corrected chi connectivity index (χ0v) is 17.0. The van der Waals surface area contributed by atoms with Gasteiger partial charge in [-0.15, -0.1) is 0 Å². The largest absolute Gasteiger partial charge is 0.490 e. The molecule has 0 aromatic heterocycles. The Morgan fingerprint density at radius 3 is 2.41 bits per heavy atom. The van der Waals surface area contributed by atoms with Gasteiger partial charge in [-0.25, -0.2) is 0 Å². The van der Waals surface area contributed by atoms with Crippen LogP contribution in [0.4, 0.5) is 0 Å². The van der Waals surface area contributed by atoms with E-state index in [1.165, 1.54) is 4.90 Å². The van der Waals surface area contributed by atoms with Crippen molar-refractivity contribution in [2.24, 2.45) is 34.7 Å². The van der Waals surface area contributed by atoms with Gasteiger partial charge in [0.1, 0.15) is 18.5 Å². The molecular formula is C23H26N2O4. The third-order valence-electron chi connectivity index (χ3n) is 6.88. The molecule has 2 amide bonds. The van der Waals surface area contributed by atoms with Crippen molar-refractivity contribution in [3.63, 3.8) is 0 Å². The van der Waals surface area contributed by atoms with Gasteiger partial charge in [-0.1, -0.05) is 17.8 Å². The lowest BCUT2D eigenvalue weighted by molar-refractivity contribution is -0.146. The Morgan fingerprint density at radius 2 is 1.79 bits per heavy atom. The Hall–Kier alpha value is -2.63. The Labute approximate surface area is 170 Å². The van der Waals surface area contributed by atoms with Crippen LogP contribution in [-0.2, 0) is 14.4 Å². The molecule has 3 fully saturated rings. The first-order valence-electron chi connectivity index (χ1n) is 10.3. The van der Waals surface area contributed by atoms with Crippen LogP contribution >= 0.6 is 0 Å². The van der Waals surface area contributed by atoms with Gasteiger partial charge in [0.05, 0.1) is 17.5 Å². The van der Waals surface area contributed by atoms with Gasteiger partial charge in [-0.3, -0.25) is 14.5 Å². The number of oxime groups is 1. The summed E-state index contributed by atoms with van der Waals surface area (Å²) in [7, 11) is 0. The van der Waals surface area contributed by atoms with Crippen LogP contribution in [0.3, 0.4) is 0 Å². The van der Waals surface area contributed by atoms with Gasteiger partial charge in [0.25, 0.3) is 0 Å². The number of imide groups is 1. The second-order valence-electron chi connectivity index (χ2n) is 9.49. The summed E-state index contributed by atoms with van der Waals surface area (Å²) < 4.78 is 5.56. The van der Waals surface area contributed by atoms with Gasteiger partial charge in [-0.2, -0.15) is 0 Å². The average molecular weight is 394 g/mol. The van der Waals surface area contributed by atoms with Gasteiger partial charge in [-0.05, 0) is 57.4 Å². The SMILES string of the molecule is C=CCOc1ccc(C2=NO[C@@H]3[C@H]4C[C@H]([C@H]5C(=O)N(C(C)(C)C)C(=O)[C@@H]45)[C@H]23)cc1. The standard InChI is InChI=1S/C23H26N2O4/c1-5-10-28-13-8-6-12(7-9-13)19-18-14-11-15(20(18)29-24-19)17-16(14)21(26)25(22(17)27)23(2,3)4/h5-9,14-18,20H,1,10-11H2,2-4H3/t14-,15+,16-,17+,18-,20-/m1/s1. The van der Waals surface area contributed by atoms with Crippen LogP contribution in [0.25, 0.3) is 0 Å². The molecule has 1 aromatic rings. The van der Waals surface area contributed by atoms with Crippen LogP contribution in [0.5, 0.6) is 5.75 Å². The number of amides is 2. The number of likely N-dealkylation sites (tertiary alicyclic amines) is 1. The molecule has 1 aromatic carbocycles. The number of carbonyl (C=O) groups excluding carboxylic acids is 2. The third kappa shape index (κ3) is 2.51. The van der Waals surface area contributed by atoms with Crippen molar-refractivity contribution in [2.75, 3.05) is 6.61 Å². The van der Waals surface area contributed by atoms with Crippen LogP contribution < -0.4 is 4.74 Å². The summed E-state index contributed by atoms with van der Waals surface area (Å²) >= 11 is 0. The van der Waals surface area contributed by atoms with Crippen LogP contribution in [0.2, 0.25) is 0 Å². The number of carbonyl (C=O) groups is 2. The van der Waals surface area contributed by atoms with E-state index in [1.54, 1.807) is 6.08 Å². The van der Waals surface area contributed by atoms with Crippen molar-refractivity contribution in [2.45, 2.75) is 38.8 Å². The molecule has 152 valence electrons. The van der Waals surface area contributed by atoms with Crippen molar-refractivity contribution >= 4 is 17.5 Å². The minimum atomic E-state index is -0.494. The normalized spacial score (nSPS) is 34.7. The number of benzene rings is 1. The highest BCUT2D eigenvalue weighted by Gasteiger charge is 2.71. The van der Waals surface area contributed by atoms with E-state index in [1.807, 2.05) is 45.0 Å². The lowest BCUT2D eigenvalue weighted by atomic mass is 9.71. The summed E-state index contributed by atoms with van der Waals surface area (Å²) in [4.78, 5) is 33.6. The number of ether oxygens (including phenoxy) is 1. The van der Waals surface area contributed by atoms with Crippen LogP contribution in [-0.4, -0.2) is 40.7 Å². The molecule has 0 N–H and O–H groups in total. The maximum Gasteiger partial charge on any atom is 0.234 e. The van der Waals surface area contributed by atoms with E-state index in [-0.39, 0.29) is 47.5 Å². The molecule has 2 saturated carbocycles. The number of hydrogen-bond acceptors (Lipinski definition) is 5. The zero-order valence-electron chi connectivity index (χ0n) is 17.0. The molecule has 5 rings (SSSR count). The van der Waals surface area contributed by atoms with E-state index in [9.17, 15) is 9.59 Å². The van der Waals surface area contributed by atoms with Gasteiger partial charge in [0.15, 0.2) is 0 Å². The topological polar surface area (TPSA) is 68.2 Å². The first-order valence-corrected chi connectivity index (χ1v) is 10.3. The Balaban J connectivity index is 1.42. The van der Waals surface area contributed by atoms with E-state index < -0.39 is 5.54 Å². The van der Waals surface area contributed by atoms with Gasteiger partial charge < -0.3 is 9.57 Å². The first kappa shape index (κ1) is 18.4. The minimum absolute atomic E-state index is 0.0159. The number of hydrogen-bond donors (Lipinski definition) is 0. The fraction of sp³-hybridized carbons (Fsp3) is 0.522. The Bertz CT molecular complexity index is 914. The highest BCUT2D eigenvalue weighted by Crippen LogP contribution is 2.62. The highest BCUT2D eigenvalue weighted by molar-refractivity contribution is 6.09. The van der Waals surface area contributed by atoms with E-state index >= 15 is 0 Å². The van der Waals surface area contributed by atoms with E-state index in [0.717, 1.165) is 23.4 Å². The zero-order chi connectivity index (χ0) is 20.5. The first-order chi connectivity index (χ1) is 13.8. The quantitative estimate of drug-likeness (QED) is 0.582. The molecular weight excluding hydrogens is 368 g/mol. The van der Waals surface area contributed by atoms with Crippen molar-refractivity contribution < 1.29 is 19.2 Å². The van der Waals surface area contributed by atoms with Crippen LogP contribution in [0.1, 0.15) is 32.8 Å². The lowest BCUT2D eigenvalue weighted by Crippen LogP contribution is -2.46. The number of fused-ring (bicyclic) bond motifs is 8. The van der Waals surface area contributed by atoms with Gasteiger partial charge in [0.2, 0.25) is 11.8 Å². The maximum absolute atomic E-state index is 13.2. The number of nitrogens with zero attached hydrogens (tertiary/aromatic N) is 2. The third-order valence-corrected chi connectivity index (χ3v) is 6.88. The molecule has 2 bridgehead atoms. The van der Waals surface area contributed by atoms with Crippen molar-refractivity contribution in [3.8, 4) is 5.75 Å². The molecule has 2 aliphatic carbocycles.